The van der Waals surface area contributed by atoms with Crippen molar-refractivity contribution in [3.8, 4) is 0 Å². The highest BCUT2D eigenvalue weighted by Crippen LogP contribution is 2.25. The van der Waals surface area contributed by atoms with Crippen LogP contribution in [0.1, 0.15) is 9.67 Å². The molecule has 0 atom stereocenters. The van der Waals surface area contributed by atoms with Crippen LogP contribution in [0.2, 0.25) is 0 Å². The number of nitro benzene ring substituents is 1. The van der Waals surface area contributed by atoms with Gasteiger partial charge >= 0.3 is 0 Å². The molecule has 0 unspecified atom stereocenters. The lowest BCUT2D eigenvalue weighted by molar-refractivity contribution is -0.384. The lowest BCUT2D eigenvalue weighted by atomic mass is 10.2. The van der Waals surface area contributed by atoms with E-state index < -0.39 is 4.92 Å². The molecule has 2 N–H and O–H groups in total. The number of anilines is 1. The average molecular weight is 341 g/mol. The summed E-state index contributed by atoms with van der Waals surface area (Å²) in [4.78, 5) is 23.0. The number of hydrogen-bond donors (Lipinski definition) is 2. The van der Waals surface area contributed by atoms with E-state index in [9.17, 15) is 14.9 Å². The van der Waals surface area contributed by atoms with E-state index in [1.165, 1.54) is 23.5 Å². The SMILES string of the molecule is O=C(NCCNc1ccc([N+](=O)[O-])cc1)c1cc2ccccc2s1. The Hall–Kier alpha value is -2.93. The maximum Gasteiger partial charge on any atom is 0.269 e. The van der Waals surface area contributed by atoms with Gasteiger partial charge in [0.05, 0.1) is 9.80 Å². The molecule has 6 nitrogen and oxygen atoms in total. The van der Waals surface area contributed by atoms with Crippen LogP contribution >= 0.6 is 11.3 Å². The van der Waals surface area contributed by atoms with Crippen molar-refractivity contribution in [1.29, 1.82) is 0 Å². The van der Waals surface area contributed by atoms with E-state index in [1.807, 2.05) is 30.3 Å². The highest BCUT2D eigenvalue weighted by Gasteiger charge is 2.09. The molecule has 0 aliphatic carbocycles. The molecule has 122 valence electrons. The monoisotopic (exact) mass is 341 g/mol. The Morgan fingerprint density at radius 1 is 1.08 bits per heavy atom. The number of nitrogens with zero attached hydrogens (tertiary/aromatic N) is 1. The van der Waals surface area contributed by atoms with Gasteiger partial charge in [-0.15, -0.1) is 11.3 Å². The molecular weight excluding hydrogens is 326 g/mol. The average Bonchev–Trinajstić information content (AvgIpc) is 3.03. The Labute approximate surface area is 142 Å². The van der Waals surface area contributed by atoms with E-state index in [4.69, 9.17) is 0 Å². The predicted molar refractivity (Wildman–Crippen MR) is 95.7 cm³/mol. The van der Waals surface area contributed by atoms with Gasteiger partial charge in [0.15, 0.2) is 0 Å². The zero-order chi connectivity index (χ0) is 16.9. The molecule has 1 heterocycles. The van der Waals surface area contributed by atoms with Gasteiger partial charge in [-0.25, -0.2) is 0 Å². The summed E-state index contributed by atoms with van der Waals surface area (Å²) in [5.41, 5.74) is 0.829. The third-order valence-corrected chi connectivity index (χ3v) is 4.58. The number of nitrogens with one attached hydrogen (secondary N) is 2. The molecule has 24 heavy (non-hydrogen) atoms. The molecule has 0 bridgehead atoms. The first-order valence-corrected chi connectivity index (χ1v) is 8.20. The topological polar surface area (TPSA) is 84.3 Å². The van der Waals surface area contributed by atoms with E-state index >= 15 is 0 Å². The van der Waals surface area contributed by atoms with Gasteiger partial charge in [-0.05, 0) is 29.7 Å². The molecule has 1 amide bonds. The quantitative estimate of drug-likeness (QED) is 0.407. The Bertz CT molecular complexity index is 841. The molecule has 0 radical (unpaired) electrons. The van der Waals surface area contributed by atoms with Crippen molar-refractivity contribution < 1.29 is 9.72 Å². The number of amides is 1. The van der Waals surface area contributed by atoms with E-state index in [1.54, 1.807) is 12.1 Å². The van der Waals surface area contributed by atoms with Crippen LogP contribution < -0.4 is 10.6 Å². The first-order chi connectivity index (χ1) is 11.6. The van der Waals surface area contributed by atoms with Crippen LogP contribution in [0.15, 0.2) is 54.6 Å². The number of fused-ring (bicyclic) bond motifs is 1. The summed E-state index contributed by atoms with van der Waals surface area (Å²) in [6, 6.07) is 15.9. The number of nitro groups is 1. The fourth-order valence-corrected chi connectivity index (χ4v) is 3.24. The second-order valence-corrected chi connectivity index (χ2v) is 6.22. The largest absolute Gasteiger partial charge is 0.383 e. The molecule has 1 aromatic heterocycles. The number of hydrogen-bond acceptors (Lipinski definition) is 5. The van der Waals surface area contributed by atoms with Crippen molar-refractivity contribution in [1.82, 2.24) is 5.32 Å². The predicted octanol–water partition coefficient (Wildman–Crippen LogP) is 3.65. The number of carbonyl (C=O) groups is 1. The van der Waals surface area contributed by atoms with Crippen LogP contribution in [0.3, 0.4) is 0 Å². The second-order valence-electron chi connectivity index (χ2n) is 5.14. The first kappa shape index (κ1) is 15.9. The lowest BCUT2D eigenvalue weighted by Gasteiger charge is -2.07. The van der Waals surface area contributed by atoms with Gasteiger partial charge in [0.1, 0.15) is 0 Å². The van der Waals surface area contributed by atoms with Crippen molar-refractivity contribution in [3.63, 3.8) is 0 Å². The molecule has 7 heteroatoms. The Kier molecular flexibility index (Phi) is 4.72. The second kappa shape index (κ2) is 7.10. The van der Waals surface area contributed by atoms with Crippen molar-refractivity contribution in [2.75, 3.05) is 18.4 Å². The first-order valence-electron chi connectivity index (χ1n) is 7.38. The minimum Gasteiger partial charge on any atom is -0.383 e. The molecule has 3 aromatic rings. The van der Waals surface area contributed by atoms with Gasteiger partial charge in [0, 0.05) is 35.6 Å². The summed E-state index contributed by atoms with van der Waals surface area (Å²) in [5.74, 6) is -0.0956. The minimum absolute atomic E-state index is 0.0543. The highest BCUT2D eigenvalue weighted by molar-refractivity contribution is 7.20. The fraction of sp³-hybridized carbons (Fsp3) is 0.118. The standard InChI is InChI=1S/C17H15N3O3S/c21-17(16-11-12-3-1-2-4-15(12)24-16)19-10-9-18-13-5-7-14(8-6-13)20(22)23/h1-8,11,18H,9-10H2,(H,19,21). The molecule has 0 aliphatic heterocycles. The van der Waals surface area contributed by atoms with Gasteiger partial charge < -0.3 is 10.6 Å². The summed E-state index contributed by atoms with van der Waals surface area (Å²) in [6.07, 6.45) is 0. The van der Waals surface area contributed by atoms with Crippen molar-refractivity contribution in [2.24, 2.45) is 0 Å². The summed E-state index contributed by atoms with van der Waals surface area (Å²) in [7, 11) is 0. The van der Waals surface area contributed by atoms with Crippen LogP contribution in [0.25, 0.3) is 10.1 Å². The van der Waals surface area contributed by atoms with E-state index in [0.29, 0.717) is 18.0 Å². The van der Waals surface area contributed by atoms with Gasteiger partial charge in [-0.2, -0.15) is 0 Å². The third kappa shape index (κ3) is 3.69. The Morgan fingerprint density at radius 2 is 1.83 bits per heavy atom. The minimum atomic E-state index is -0.436. The van der Waals surface area contributed by atoms with Crippen molar-refractivity contribution in [3.05, 3.63) is 69.6 Å². The zero-order valence-electron chi connectivity index (χ0n) is 12.7. The molecule has 3 rings (SSSR count). The fourth-order valence-electron chi connectivity index (χ4n) is 2.26. The summed E-state index contributed by atoms with van der Waals surface area (Å²) < 4.78 is 1.09. The number of benzene rings is 2. The van der Waals surface area contributed by atoms with Crippen LogP contribution in [0.5, 0.6) is 0 Å². The van der Waals surface area contributed by atoms with E-state index in [0.717, 1.165) is 15.8 Å². The summed E-state index contributed by atoms with van der Waals surface area (Å²) >= 11 is 1.47. The van der Waals surface area contributed by atoms with Crippen LogP contribution in [-0.2, 0) is 0 Å². The molecule has 0 spiro atoms. The molecular formula is C17H15N3O3S. The third-order valence-electron chi connectivity index (χ3n) is 3.47. The van der Waals surface area contributed by atoms with Crippen molar-refractivity contribution in [2.45, 2.75) is 0 Å². The normalized spacial score (nSPS) is 10.5. The lowest BCUT2D eigenvalue weighted by Crippen LogP contribution is -2.28. The maximum absolute atomic E-state index is 12.1. The van der Waals surface area contributed by atoms with Gasteiger partial charge in [0.2, 0.25) is 0 Å². The number of rotatable bonds is 6. The van der Waals surface area contributed by atoms with Gasteiger partial charge in [-0.1, -0.05) is 18.2 Å². The Balaban J connectivity index is 1.49. The van der Waals surface area contributed by atoms with Crippen molar-refractivity contribution >= 4 is 38.7 Å². The van der Waals surface area contributed by atoms with E-state index in [2.05, 4.69) is 10.6 Å². The van der Waals surface area contributed by atoms with Crippen LogP contribution in [-0.4, -0.2) is 23.9 Å². The summed E-state index contributed by atoms with van der Waals surface area (Å²) in [6.45, 7) is 0.999. The summed E-state index contributed by atoms with van der Waals surface area (Å²) in [5, 5.41) is 17.6. The number of carbonyl (C=O) groups excluding carboxylic acids is 1. The maximum atomic E-state index is 12.1. The number of non-ortho nitro benzene ring substituents is 1. The van der Waals surface area contributed by atoms with Crippen LogP contribution in [0, 0.1) is 10.1 Å². The molecule has 0 fully saturated rings. The number of thiophene rings is 1. The highest BCUT2D eigenvalue weighted by atomic mass is 32.1. The molecule has 0 aliphatic rings. The molecule has 2 aromatic carbocycles. The zero-order valence-corrected chi connectivity index (χ0v) is 13.5. The molecule has 0 saturated heterocycles. The van der Waals surface area contributed by atoms with E-state index in [-0.39, 0.29) is 11.6 Å². The van der Waals surface area contributed by atoms with Gasteiger partial charge in [-0.3, -0.25) is 14.9 Å². The van der Waals surface area contributed by atoms with Crippen LogP contribution in [0.4, 0.5) is 11.4 Å². The smallest absolute Gasteiger partial charge is 0.269 e. The Morgan fingerprint density at radius 3 is 2.54 bits per heavy atom. The molecule has 0 saturated carbocycles. The van der Waals surface area contributed by atoms with Gasteiger partial charge in [0.25, 0.3) is 11.6 Å².